The molecule has 0 aromatic carbocycles. The van der Waals surface area contributed by atoms with Gasteiger partial charge in [-0.15, -0.1) is 11.3 Å². The molecule has 5 heteroatoms. The van der Waals surface area contributed by atoms with Crippen molar-refractivity contribution in [2.24, 2.45) is 0 Å². The van der Waals surface area contributed by atoms with Gasteiger partial charge < -0.3 is 5.32 Å². The highest BCUT2D eigenvalue weighted by Gasteiger charge is 2.05. The van der Waals surface area contributed by atoms with Crippen LogP contribution in [0.25, 0.3) is 10.6 Å². The summed E-state index contributed by atoms with van der Waals surface area (Å²) in [5.74, 6) is -0.0116. The van der Waals surface area contributed by atoms with Gasteiger partial charge in [-0.2, -0.15) is 0 Å². The number of amides is 1. The zero-order chi connectivity index (χ0) is 15.2. The molecule has 0 spiro atoms. The van der Waals surface area contributed by atoms with E-state index in [1.54, 1.807) is 29.9 Å². The van der Waals surface area contributed by atoms with Crippen molar-refractivity contribution in [3.8, 4) is 10.6 Å². The van der Waals surface area contributed by atoms with Crippen LogP contribution in [0, 0.1) is 0 Å². The highest BCUT2D eigenvalue weighted by Crippen LogP contribution is 2.22. The molecule has 0 aliphatic rings. The first kappa shape index (κ1) is 14.4. The summed E-state index contributed by atoms with van der Waals surface area (Å²) in [6.45, 7) is 0.500. The monoisotopic (exact) mass is 309 g/mol. The van der Waals surface area contributed by atoms with E-state index in [0.29, 0.717) is 13.0 Å². The van der Waals surface area contributed by atoms with Crippen LogP contribution in [0.4, 0.5) is 0 Å². The van der Waals surface area contributed by atoms with Crippen molar-refractivity contribution in [1.29, 1.82) is 0 Å². The average Bonchev–Trinajstić information content (AvgIpc) is 3.09. The van der Waals surface area contributed by atoms with Crippen LogP contribution in [0.15, 0.2) is 60.4 Å². The molecule has 0 atom stereocenters. The number of nitrogens with one attached hydrogen (secondary N) is 1. The standard InChI is InChI=1S/C17H15N3OS/c21-17(10-13-3-1-6-18-11-13)20-12-14-5-7-19-15(9-14)16-4-2-8-22-16/h1-9,11H,10,12H2,(H,20,21). The molecule has 0 bridgehead atoms. The summed E-state index contributed by atoms with van der Waals surface area (Å²) in [4.78, 5) is 21.5. The normalized spacial score (nSPS) is 10.4. The second kappa shape index (κ2) is 6.95. The molecule has 22 heavy (non-hydrogen) atoms. The fourth-order valence-corrected chi connectivity index (χ4v) is 2.79. The summed E-state index contributed by atoms with van der Waals surface area (Å²) in [5, 5.41) is 4.96. The molecule has 110 valence electrons. The van der Waals surface area contributed by atoms with Crippen molar-refractivity contribution < 1.29 is 4.79 Å². The fourth-order valence-electron chi connectivity index (χ4n) is 2.09. The Hall–Kier alpha value is -2.53. The number of rotatable bonds is 5. The van der Waals surface area contributed by atoms with Crippen LogP contribution in [0.2, 0.25) is 0 Å². The minimum atomic E-state index is -0.0116. The Kier molecular flexibility index (Phi) is 4.56. The lowest BCUT2D eigenvalue weighted by Gasteiger charge is -2.06. The molecule has 0 unspecified atom stereocenters. The van der Waals surface area contributed by atoms with E-state index >= 15 is 0 Å². The molecule has 0 fully saturated rings. The molecular formula is C17H15N3OS. The van der Waals surface area contributed by atoms with E-state index in [1.807, 2.05) is 41.8 Å². The van der Waals surface area contributed by atoms with Crippen molar-refractivity contribution in [3.05, 3.63) is 71.5 Å². The summed E-state index contributed by atoms with van der Waals surface area (Å²) in [6, 6.07) is 11.7. The van der Waals surface area contributed by atoms with Crippen LogP contribution in [0.1, 0.15) is 11.1 Å². The van der Waals surface area contributed by atoms with Crippen molar-refractivity contribution in [3.63, 3.8) is 0 Å². The largest absolute Gasteiger partial charge is 0.352 e. The van der Waals surface area contributed by atoms with Gasteiger partial charge in [0.15, 0.2) is 0 Å². The molecule has 3 aromatic rings. The third-order valence-electron chi connectivity index (χ3n) is 3.18. The quantitative estimate of drug-likeness (QED) is 0.788. The summed E-state index contributed by atoms with van der Waals surface area (Å²) in [6.07, 6.45) is 5.53. The van der Waals surface area contributed by atoms with E-state index in [2.05, 4.69) is 15.3 Å². The molecule has 1 amide bonds. The number of nitrogens with zero attached hydrogens (tertiary/aromatic N) is 2. The Balaban J connectivity index is 1.60. The zero-order valence-corrected chi connectivity index (χ0v) is 12.7. The van der Waals surface area contributed by atoms with Crippen LogP contribution in [-0.4, -0.2) is 15.9 Å². The first-order valence-electron chi connectivity index (χ1n) is 6.96. The van der Waals surface area contributed by atoms with Crippen LogP contribution in [0.3, 0.4) is 0 Å². The van der Waals surface area contributed by atoms with Gasteiger partial charge in [0, 0.05) is 25.1 Å². The van der Waals surface area contributed by atoms with E-state index in [4.69, 9.17) is 0 Å². The van der Waals surface area contributed by atoms with Crippen molar-refractivity contribution in [1.82, 2.24) is 15.3 Å². The summed E-state index contributed by atoms with van der Waals surface area (Å²) in [5.41, 5.74) is 2.89. The molecule has 0 aliphatic heterocycles. The van der Waals surface area contributed by atoms with E-state index in [0.717, 1.165) is 21.7 Å². The lowest BCUT2D eigenvalue weighted by Crippen LogP contribution is -2.24. The van der Waals surface area contributed by atoms with Crippen LogP contribution < -0.4 is 5.32 Å². The second-order valence-corrected chi connectivity index (χ2v) is 5.79. The highest BCUT2D eigenvalue weighted by atomic mass is 32.1. The Labute approximate surface area is 132 Å². The third-order valence-corrected chi connectivity index (χ3v) is 4.07. The predicted molar refractivity (Wildman–Crippen MR) is 87.3 cm³/mol. The summed E-state index contributed by atoms with van der Waals surface area (Å²) < 4.78 is 0. The van der Waals surface area contributed by atoms with Gasteiger partial charge in [0.1, 0.15) is 0 Å². The number of carbonyl (C=O) groups excluding carboxylic acids is 1. The number of hydrogen-bond acceptors (Lipinski definition) is 4. The zero-order valence-electron chi connectivity index (χ0n) is 11.9. The maximum Gasteiger partial charge on any atom is 0.224 e. The molecule has 4 nitrogen and oxygen atoms in total. The number of thiophene rings is 1. The van der Waals surface area contributed by atoms with Crippen molar-refractivity contribution in [2.75, 3.05) is 0 Å². The van der Waals surface area contributed by atoms with E-state index in [-0.39, 0.29) is 5.91 Å². The number of aromatic nitrogens is 2. The number of carbonyl (C=O) groups is 1. The van der Waals surface area contributed by atoms with Crippen molar-refractivity contribution >= 4 is 17.2 Å². The predicted octanol–water partition coefficient (Wildman–Crippen LogP) is 3.06. The van der Waals surface area contributed by atoms with Gasteiger partial charge in [0.2, 0.25) is 5.91 Å². The van der Waals surface area contributed by atoms with Gasteiger partial charge in [-0.1, -0.05) is 12.1 Å². The number of pyridine rings is 2. The molecule has 3 rings (SSSR count). The molecule has 3 aromatic heterocycles. The third kappa shape index (κ3) is 3.77. The SMILES string of the molecule is O=C(Cc1cccnc1)NCc1ccnc(-c2cccs2)c1. The van der Waals surface area contributed by atoms with E-state index < -0.39 is 0 Å². The molecule has 0 aliphatic carbocycles. The van der Waals surface area contributed by atoms with Gasteiger partial charge in [-0.25, -0.2) is 0 Å². The Morgan fingerprint density at radius 2 is 2.09 bits per heavy atom. The van der Waals surface area contributed by atoms with Gasteiger partial charge >= 0.3 is 0 Å². The highest BCUT2D eigenvalue weighted by molar-refractivity contribution is 7.13. The minimum Gasteiger partial charge on any atom is -0.352 e. The maximum absolute atomic E-state index is 11.9. The van der Waals surface area contributed by atoms with Gasteiger partial charge in [0.05, 0.1) is 17.0 Å². The van der Waals surface area contributed by atoms with Crippen LogP contribution >= 0.6 is 11.3 Å². The average molecular weight is 309 g/mol. The van der Waals surface area contributed by atoms with Gasteiger partial charge in [-0.3, -0.25) is 14.8 Å². The second-order valence-electron chi connectivity index (χ2n) is 4.84. The Bertz CT molecular complexity index is 742. The Morgan fingerprint density at radius 3 is 2.86 bits per heavy atom. The van der Waals surface area contributed by atoms with Gasteiger partial charge in [0.25, 0.3) is 0 Å². The Morgan fingerprint density at radius 1 is 1.14 bits per heavy atom. The summed E-state index contributed by atoms with van der Waals surface area (Å²) in [7, 11) is 0. The first-order valence-corrected chi connectivity index (χ1v) is 7.83. The smallest absolute Gasteiger partial charge is 0.224 e. The number of hydrogen-bond donors (Lipinski definition) is 1. The molecular weight excluding hydrogens is 294 g/mol. The molecule has 0 saturated heterocycles. The van der Waals surface area contributed by atoms with Gasteiger partial charge in [-0.05, 0) is 40.8 Å². The molecule has 0 radical (unpaired) electrons. The molecule has 3 heterocycles. The van der Waals surface area contributed by atoms with Crippen LogP contribution in [0.5, 0.6) is 0 Å². The summed E-state index contributed by atoms with van der Waals surface area (Å²) >= 11 is 1.65. The first-order chi connectivity index (χ1) is 10.8. The van der Waals surface area contributed by atoms with Crippen LogP contribution in [-0.2, 0) is 17.8 Å². The topological polar surface area (TPSA) is 54.9 Å². The lowest BCUT2D eigenvalue weighted by molar-refractivity contribution is -0.120. The van der Waals surface area contributed by atoms with E-state index in [9.17, 15) is 4.79 Å². The molecule has 0 saturated carbocycles. The fraction of sp³-hybridized carbons (Fsp3) is 0.118. The minimum absolute atomic E-state index is 0.0116. The van der Waals surface area contributed by atoms with E-state index in [1.165, 1.54) is 0 Å². The van der Waals surface area contributed by atoms with Crippen molar-refractivity contribution in [2.45, 2.75) is 13.0 Å². The maximum atomic E-state index is 11.9. The lowest BCUT2D eigenvalue weighted by atomic mass is 10.2. The molecule has 1 N–H and O–H groups in total.